The molecule has 1 aliphatic heterocycles. The first-order chi connectivity index (χ1) is 9.61. The minimum Gasteiger partial charge on any atom is -0.310 e. The van der Waals surface area contributed by atoms with E-state index in [4.69, 9.17) is 0 Å². The molecule has 0 saturated carbocycles. The van der Waals surface area contributed by atoms with Crippen LogP contribution < -0.4 is 5.32 Å². The molecule has 0 aliphatic carbocycles. The molecule has 1 N–H and O–H groups in total. The molecule has 0 radical (unpaired) electrons. The van der Waals surface area contributed by atoms with Gasteiger partial charge in [-0.25, -0.2) is 0 Å². The predicted octanol–water partition coefficient (Wildman–Crippen LogP) is 4.14. The molecule has 0 amide bonds. The van der Waals surface area contributed by atoms with Gasteiger partial charge in [0.2, 0.25) is 0 Å². The highest BCUT2D eigenvalue weighted by atomic mass is 15.1. The Morgan fingerprint density at radius 2 is 1.85 bits per heavy atom. The summed E-state index contributed by atoms with van der Waals surface area (Å²) >= 11 is 0. The van der Waals surface area contributed by atoms with Crippen LogP contribution >= 0.6 is 0 Å². The largest absolute Gasteiger partial charge is 0.310 e. The van der Waals surface area contributed by atoms with Crippen LogP contribution in [0, 0.1) is 0 Å². The van der Waals surface area contributed by atoms with Crippen molar-refractivity contribution in [2.24, 2.45) is 0 Å². The van der Waals surface area contributed by atoms with E-state index in [1.807, 2.05) is 0 Å². The lowest BCUT2D eigenvalue weighted by atomic mass is 10.0. The molecule has 0 spiro atoms. The molecule has 2 heteroatoms. The molecule has 0 unspecified atom stereocenters. The molecule has 1 fully saturated rings. The smallest absolute Gasteiger partial charge is 0.0140 e. The van der Waals surface area contributed by atoms with Crippen LogP contribution in [0.15, 0.2) is 23.3 Å². The first-order valence-corrected chi connectivity index (χ1v) is 8.36. The summed E-state index contributed by atoms with van der Waals surface area (Å²) in [5, 5.41) is 3.70. The normalized spacial score (nSPS) is 18.3. The highest BCUT2D eigenvalue weighted by molar-refractivity contribution is 5.03. The Morgan fingerprint density at radius 3 is 2.45 bits per heavy atom. The van der Waals surface area contributed by atoms with E-state index in [1.54, 1.807) is 0 Å². The molecule has 0 bridgehead atoms. The maximum absolute atomic E-state index is 3.70. The fourth-order valence-electron chi connectivity index (χ4n) is 2.77. The standard InChI is InChI=1S/C18H34N2/c1-5-13-20-14-10-18(11-15-20)19-12-9-17(4)8-6-7-16(2)3/h7,9,18-19H,5-6,8,10-15H2,1-4H3. The molecule has 116 valence electrons. The molecule has 1 rings (SSSR count). The summed E-state index contributed by atoms with van der Waals surface area (Å²) in [5.41, 5.74) is 2.94. The van der Waals surface area contributed by atoms with Gasteiger partial charge in [-0.3, -0.25) is 0 Å². The Labute approximate surface area is 126 Å². The molecule has 0 aromatic carbocycles. The third kappa shape index (κ3) is 7.86. The van der Waals surface area contributed by atoms with Crippen molar-refractivity contribution >= 4 is 0 Å². The average Bonchev–Trinajstić information content (AvgIpc) is 2.40. The first-order valence-electron chi connectivity index (χ1n) is 8.36. The van der Waals surface area contributed by atoms with Crippen molar-refractivity contribution in [1.29, 1.82) is 0 Å². The van der Waals surface area contributed by atoms with E-state index in [-0.39, 0.29) is 0 Å². The van der Waals surface area contributed by atoms with Crippen LogP contribution in [0.4, 0.5) is 0 Å². The van der Waals surface area contributed by atoms with Crippen molar-refractivity contribution in [2.75, 3.05) is 26.2 Å². The van der Waals surface area contributed by atoms with E-state index in [9.17, 15) is 0 Å². The minimum absolute atomic E-state index is 0.727. The van der Waals surface area contributed by atoms with Crippen LogP contribution in [-0.2, 0) is 0 Å². The lowest BCUT2D eigenvalue weighted by molar-refractivity contribution is 0.200. The van der Waals surface area contributed by atoms with Gasteiger partial charge >= 0.3 is 0 Å². The Bertz CT molecular complexity index is 305. The number of hydrogen-bond donors (Lipinski definition) is 1. The SMILES string of the molecule is CCCN1CCC(NCC=C(C)CCC=C(C)C)CC1. The number of likely N-dealkylation sites (tertiary alicyclic amines) is 1. The zero-order chi connectivity index (χ0) is 14.8. The molecule has 0 aromatic heterocycles. The highest BCUT2D eigenvalue weighted by Gasteiger charge is 2.17. The Morgan fingerprint density at radius 1 is 1.15 bits per heavy atom. The summed E-state index contributed by atoms with van der Waals surface area (Å²) in [6.07, 6.45) is 11.0. The van der Waals surface area contributed by atoms with Gasteiger partial charge < -0.3 is 10.2 Å². The van der Waals surface area contributed by atoms with Crippen LogP contribution in [-0.4, -0.2) is 37.1 Å². The van der Waals surface area contributed by atoms with Crippen molar-refractivity contribution in [2.45, 2.75) is 65.8 Å². The fourth-order valence-corrected chi connectivity index (χ4v) is 2.77. The molecule has 1 aliphatic rings. The quantitative estimate of drug-likeness (QED) is 0.671. The summed E-state index contributed by atoms with van der Waals surface area (Å²) in [6.45, 7) is 13.7. The first kappa shape index (κ1) is 17.5. The number of rotatable bonds is 8. The molecule has 2 nitrogen and oxygen atoms in total. The third-order valence-electron chi connectivity index (χ3n) is 4.08. The Kier molecular flexibility index (Phi) is 8.88. The molecule has 1 heterocycles. The zero-order valence-electron chi connectivity index (χ0n) is 14.0. The summed E-state index contributed by atoms with van der Waals surface area (Å²) in [4.78, 5) is 2.60. The zero-order valence-corrected chi connectivity index (χ0v) is 14.0. The van der Waals surface area contributed by atoms with E-state index < -0.39 is 0 Å². The van der Waals surface area contributed by atoms with Crippen molar-refractivity contribution in [3.8, 4) is 0 Å². The number of hydrogen-bond acceptors (Lipinski definition) is 2. The number of nitrogens with one attached hydrogen (secondary N) is 1. The maximum Gasteiger partial charge on any atom is 0.0140 e. The maximum atomic E-state index is 3.70. The van der Waals surface area contributed by atoms with E-state index in [2.05, 4.69) is 50.1 Å². The van der Waals surface area contributed by atoms with Gasteiger partial charge in [0.25, 0.3) is 0 Å². The Balaban J connectivity index is 2.13. The van der Waals surface area contributed by atoms with Gasteiger partial charge in [0, 0.05) is 12.6 Å². The van der Waals surface area contributed by atoms with Gasteiger partial charge in [-0.2, -0.15) is 0 Å². The van der Waals surface area contributed by atoms with Gasteiger partial charge in [-0.1, -0.05) is 30.2 Å². The number of nitrogens with zero attached hydrogens (tertiary/aromatic N) is 1. The summed E-state index contributed by atoms with van der Waals surface area (Å²) in [6, 6.07) is 0.727. The lowest BCUT2D eigenvalue weighted by Crippen LogP contribution is -2.42. The summed E-state index contributed by atoms with van der Waals surface area (Å²) in [7, 11) is 0. The van der Waals surface area contributed by atoms with E-state index >= 15 is 0 Å². The monoisotopic (exact) mass is 278 g/mol. The predicted molar refractivity (Wildman–Crippen MR) is 90.2 cm³/mol. The van der Waals surface area contributed by atoms with Gasteiger partial charge in [-0.15, -0.1) is 0 Å². The summed E-state index contributed by atoms with van der Waals surface area (Å²) < 4.78 is 0. The van der Waals surface area contributed by atoms with E-state index in [1.165, 1.54) is 62.9 Å². The number of piperidine rings is 1. The average molecular weight is 278 g/mol. The highest BCUT2D eigenvalue weighted by Crippen LogP contribution is 2.11. The van der Waals surface area contributed by atoms with Gasteiger partial charge in [-0.05, 0) is 72.5 Å². The van der Waals surface area contributed by atoms with Crippen LogP contribution in [0.3, 0.4) is 0 Å². The molecule has 1 saturated heterocycles. The lowest BCUT2D eigenvalue weighted by Gasteiger charge is -2.32. The second-order valence-electron chi connectivity index (χ2n) is 6.39. The van der Waals surface area contributed by atoms with E-state index in [0.717, 1.165) is 12.6 Å². The summed E-state index contributed by atoms with van der Waals surface area (Å²) in [5.74, 6) is 0. The topological polar surface area (TPSA) is 15.3 Å². The molecular formula is C18H34N2. The van der Waals surface area contributed by atoms with Crippen molar-refractivity contribution in [3.63, 3.8) is 0 Å². The van der Waals surface area contributed by atoms with Crippen LogP contribution in [0.5, 0.6) is 0 Å². The number of allylic oxidation sites excluding steroid dienone is 3. The van der Waals surface area contributed by atoms with Crippen LogP contribution in [0.2, 0.25) is 0 Å². The molecule has 0 aromatic rings. The molecule has 20 heavy (non-hydrogen) atoms. The molecule has 0 atom stereocenters. The van der Waals surface area contributed by atoms with Crippen molar-refractivity contribution < 1.29 is 0 Å². The Hall–Kier alpha value is -0.600. The van der Waals surface area contributed by atoms with Crippen molar-refractivity contribution in [1.82, 2.24) is 10.2 Å². The second-order valence-corrected chi connectivity index (χ2v) is 6.39. The third-order valence-corrected chi connectivity index (χ3v) is 4.08. The minimum atomic E-state index is 0.727. The van der Waals surface area contributed by atoms with Crippen molar-refractivity contribution in [3.05, 3.63) is 23.3 Å². The van der Waals surface area contributed by atoms with Gasteiger partial charge in [0.05, 0.1) is 0 Å². The second kappa shape index (κ2) is 10.2. The van der Waals surface area contributed by atoms with Gasteiger partial charge in [0.1, 0.15) is 0 Å². The van der Waals surface area contributed by atoms with E-state index in [0.29, 0.717) is 0 Å². The molecular weight excluding hydrogens is 244 g/mol. The van der Waals surface area contributed by atoms with Crippen LogP contribution in [0.25, 0.3) is 0 Å². The fraction of sp³-hybridized carbons (Fsp3) is 0.778. The van der Waals surface area contributed by atoms with Crippen LogP contribution in [0.1, 0.15) is 59.8 Å². The van der Waals surface area contributed by atoms with Gasteiger partial charge in [0.15, 0.2) is 0 Å².